The third-order valence-corrected chi connectivity index (χ3v) is 1.58. The van der Waals surface area contributed by atoms with E-state index in [0.29, 0.717) is 12.2 Å². The largest absolute Gasteiger partial charge is 0.379 e. The summed E-state index contributed by atoms with van der Waals surface area (Å²) in [5.41, 5.74) is 0. The molecular formula is C8H16O2. The Labute approximate surface area is 62.5 Å². The quantitative estimate of drug-likeness (QED) is 0.586. The zero-order valence-corrected chi connectivity index (χ0v) is 6.80. The van der Waals surface area contributed by atoms with Crippen LogP contribution in [0.25, 0.3) is 0 Å². The highest BCUT2D eigenvalue weighted by molar-refractivity contribution is 4.62. The van der Waals surface area contributed by atoms with E-state index in [-0.39, 0.29) is 0 Å². The zero-order chi connectivity index (χ0) is 7.40. The van der Waals surface area contributed by atoms with Gasteiger partial charge < -0.3 is 9.47 Å². The minimum absolute atomic E-state index is 0.340. The fourth-order valence-corrected chi connectivity index (χ4v) is 1.20. The lowest BCUT2D eigenvalue weighted by Crippen LogP contribution is -2.27. The second kappa shape index (κ2) is 3.94. The van der Waals surface area contributed by atoms with Crippen molar-refractivity contribution in [1.29, 1.82) is 0 Å². The first-order valence-electron chi connectivity index (χ1n) is 4.02. The van der Waals surface area contributed by atoms with Crippen molar-refractivity contribution in [2.45, 2.75) is 38.9 Å². The fourth-order valence-electron chi connectivity index (χ4n) is 1.20. The van der Waals surface area contributed by atoms with Crippen LogP contribution >= 0.6 is 0 Å². The highest BCUT2D eigenvalue weighted by Crippen LogP contribution is 2.11. The molecule has 0 N–H and O–H groups in total. The van der Waals surface area contributed by atoms with E-state index >= 15 is 0 Å². The van der Waals surface area contributed by atoms with Gasteiger partial charge in [-0.05, 0) is 26.7 Å². The number of ether oxygens (including phenoxy) is 2. The maximum absolute atomic E-state index is 5.57. The Morgan fingerprint density at radius 2 is 2.30 bits per heavy atom. The molecule has 0 aliphatic carbocycles. The van der Waals surface area contributed by atoms with Crippen molar-refractivity contribution >= 4 is 0 Å². The van der Waals surface area contributed by atoms with E-state index in [4.69, 9.17) is 9.47 Å². The summed E-state index contributed by atoms with van der Waals surface area (Å²) >= 11 is 0. The van der Waals surface area contributed by atoms with Crippen molar-refractivity contribution in [3.63, 3.8) is 0 Å². The average molecular weight is 144 g/mol. The summed E-state index contributed by atoms with van der Waals surface area (Å²) in [7, 11) is 0. The Kier molecular flexibility index (Phi) is 3.16. The van der Waals surface area contributed by atoms with Crippen LogP contribution in [0.2, 0.25) is 0 Å². The van der Waals surface area contributed by atoms with Crippen LogP contribution in [0.5, 0.6) is 0 Å². The normalized spacial score (nSPS) is 27.3. The topological polar surface area (TPSA) is 18.5 Å². The molecule has 2 heteroatoms. The summed E-state index contributed by atoms with van der Waals surface area (Å²) in [5.74, 6) is 0. The SMILES string of the molecule is CC(C)O[C@@H]1CCCOC1. The van der Waals surface area contributed by atoms with Gasteiger partial charge in [0.1, 0.15) is 0 Å². The van der Waals surface area contributed by atoms with Crippen molar-refractivity contribution in [1.82, 2.24) is 0 Å². The van der Waals surface area contributed by atoms with E-state index in [1.54, 1.807) is 0 Å². The van der Waals surface area contributed by atoms with Crippen LogP contribution < -0.4 is 0 Å². The van der Waals surface area contributed by atoms with Gasteiger partial charge >= 0.3 is 0 Å². The molecule has 1 aliphatic heterocycles. The van der Waals surface area contributed by atoms with Crippen LogP contribution in [-0.2, 0) is 9.47 Å². The van der Waals surface area contributed by atoms with Gasteiger partial charge in [0.15, 0.2) is 0 Å². The highest BCUT2D eigenvalue weighted by Gasteiger charge is 2.14. The smallest absolute Gasteiger partial charge is 0.0812 e. The lowest BCUT2D eigenvalue weighted by atomic mass is 10.2. The second-order valence-corrected chi connectivity index (χ2v) is 3.02. The molecular weight excluding hydrogens is 128 g/mol. The van der Waals surface area contributed by atoms with Crippen molar-refractivity contribution in [3.8, 4) is 0 Å². The number of rotatable bonds is 2. The summed E-state index contributed by atoms with van der Waals surface area (Å²) in [6.45, 7) is 5.83. The fraction of sp³-hybridized carbons (Fsp3) is 1.00. The van der Waals surface area contributed by atoms with Crippen LogP contribution in [0, 0.1) is 0 Å². The second-order valence-electron chi connectivity index (χ2n) is 3.02. The minimum atomic E-state index is 0.340. The molecule has 1 aliphatic rings. The first kappa shape index (κ1) is 8.02. The molecule has 1 saturated heterocycles. The maximum Gasteiger partial charge on any atom is 0.0812 e. The Bertz CT molecular complexity index is 85.3. The van der Waals surface area contributed by atoms with Crippen LogP contribution in [0.4, 0.5) is 0 Å². The van der Waals surface area contributed by atoms with Gasteiger partial charge in [-0.1, -0.05) is 0 Å². The van der Waals surface area contributed by atoms with Crippen LogP contribution in [-0.4, -0.2) is 25.4 Å². The predicted octanol–water partition coefficient (Wildman–Crippen LogP) is 1.59. The molecule has 0 bridgehead atoms. The summed E-state index contributed by atoms with van der Waals surface area (Å²) in [5, 5.41) is 0. The van der Waals surface area contributed by atoms with Crippen molar-refractivity contribution in [3.05, 3.63) is 0 Å². The van der Waals surface area contributed by atoms with E-state index in [0.717, 1.165) is 26.1 Å². The molecule has 0 spiro atoms. The van der Waals surface area contributed by atoms with E-state index in [1.807, 2.05) is 0 Å². The third-order valence-electron chi connectivity index (χ3n) is 1.58. The molecule has 0 saturated carbocycles. The van der Waals surface area contributed by atoms with Gasteiger partial charge in [0.25, 0.3) is 0 Å². The van der Waals surface area contributed by atoms with Crippen molar-refractivity contribution in [2.24, 2.45) is 0 Å². The summed E-state index contributed by atoms with van der Waals surface area (Å²) in [6.07, 6.45) is 3.01. The molecule has 0 radical (unpaired) electrons. The summed E-state index contributed by atoms with van der Waals surface area (Å²) in [4.78, 5) is 0. The van der Waals surface area contributed by atoms with E-state index in [2.05, 4.69) is 13.8 Å². The molecule has 2 nitrogen and oxygen atoms in total. The monoisotopic (exact) mass is 144 g/mol. The van der Waals surface area contributed by atoms with Gasteiger partial charge in [0, 0.05) is 6.61 Å². The van der Waals surface area contributed by atoms with Gasteiger partial charge in [-0.3, -0.25) is 0 Å². The molecule has 1 fully saturated rings. The molecule has 0 aromatic rings. The van der Waals surface area contributed by atoms with Crippen molar-refractivity contribution in [2.75, 3.05) is 13.2 Å². The standard InChI is InChI=1S/C8H16O2/c1-7(2)10-8-4-3-5-9-6-8/h7-8H,3-6H2,1-2H3/t8-/m1/s1. The molecule has 0 unspecified atom stereocenters. The minimum Gasteiger partial charge on any atom is -0.379 e. The first-order chi connectivity index (χ1) is 4.79. The highest BCUT2D eigenvalue weighted by atomic mass is 16.5. The molecule has 0 aromatic heterocycles. The van der Waals surface area contributed by atoms with E-state index in [1.165, 1.54) is 0 Å². The van der Waals surface area contributed by atoms with E-state index in [9.17, 15) is 0 Å². The number of hydrogen-bond acceptors (Lipinski definition) is 2. The maximum atomic E-state index is 5.57. The molecule has 1 rings (SSSR count). The van der Waals surface area contributed by atoms with E-state index < -0.39 is 0 Å². The Morgan fingerprint density at radius 3 is 2.80 bits per heavy atom. The van der Waals surface area contributed by atoms with Gasteiger partial charge in [-0.15, -0.1) is 0 Å². The Morgan fingerprint density at radius 1 is 1.50 bits per heavy atom. The summed E-state index contributed by atoms with van der Waals surface area (Å²) < 4.78 is 10.8. The van der Waals surface area contributed by atoms with Gasteiger partial charge in [-0.2, -0.15) is 0 Å². The first-order valence-corrected chi connectivity index (χ1v) is 4.02. The third kappa shape index (κ3) is 2.67. The molecule has 60 valence electrons. The average Bonchev–Trinajstić information content (AvgIpc) is 1.88. The van der Waals surface area contributed by atoms with Gasteiger partial charge in [0.05, 0.1) is 18.8 Å². The summed E-state index contributed by atoms with van der Waals surface area (Å²) in [6, 6.07) is 0. The molecule has 1 heterocycles. The molecule has 0 amide bonds. The van der Waals surface area contributed by atoms with Crippen molar-refractivity contribution < 1.29 is 9.47 Å². The zero-order valence-electron chi connectivity index (χ0n) is 6.80. The van der Waals surface area contributed by atoms with Gasteiger partial charge in [-0.25, -0.2) is 0 Å². The lowest BCUT2D eigenvalue weighted by molar-refractivity contribution is -0.0729. The lowest BCUT2D eigenvalue weighted by Gasteiger charge is -2.24. The predicted molar refractivity (Wildman–Crippen MR) is 40.1 cm³/mol. The van der Waals surface area contributed by atoms with Crippen LogP contribution in [0.15, 0.2) is 0 Å². The molecule has 0 aromatic carbocycles. The van der Waals surface area contributed by atoms with Crippen LogP contribution in [0.3, 0.4) is 0 Å². The molecule has 10 heavy (non-hydrogen) atoms. The Hall–Kier alpha value is -0.0800. The Balaban J connectivity index is 2.13. The number of hydrogen-bond donors (Lipinski definition) is 0. The van der Waals surface area contributed by atoms with Crippen LogP contribution in [0.1, 0.15) is 26.7 Å². The van der Waals surface area contributed by atoms with Gasteiger partial charge in [0.2, 0.25) is 0 Å². The molecule has 1 atom stereocenters.